The summed E-state index contributed by atoms with van der Waals surface area (Å²) >= 11 is 0. The maximum absolute atomic E-state index is 5.65. The highest BCUT2D eigenvalue weighted by Crippen LogP contribution is 2.51. The van der Waals surface area contributed by atoms with Gasteiger partial charge in [-0.25, -0.2) is 0 Å². The molecule has 3 aliphatic heterocycles. The van der Waals surface area contributed by atoms with E-state index in [0.717, 1.165) is 6.54 Å². The van der Waals surface area contributed by atoms with Gasteiger partial charge in [-0.1, -0.05) is 24.1 Å². The summed E-state index contributed by atoms with van der Waals surface area (Å²) in [7, 11) is 0. The Morgan fingerprint density at radius 1 is 1.40 bits per heavy atom. The number of anilines is 1. The zero-order valence-corrected chi connectivity index (χ0v) is 8.26. The lowest BCUT2D eigenvalue weighted by molar-refractivity contribution is 0.312. The van der Waals surface area contributed by atoms with E-state index in [0.29, 0.717) is 18.2 Å². The van der Waals surface area contributed by atoms with Crippen LogP contribution < -0.4 is 4.90 Å². The van der Waals surface area contributed by atoms with Gasteiger partial charge < -0.3 is 9.64 Å². The van der Waals surface area contributed by atoms with Crippen LogP contribution in [0, 0.1) is 12.3 Å². The van der Waals surface area contributed by atoms with Crippen molar-refractivity contribution in [3.63, 3.8) is 0 Å². The summed E-state index contributed by atoms with van der Waals surface area (Å²) in [5.74, 6) is 3.15. The molecule has 0 aromatic heterocycles. The minimum atomic E-state index is 0.221. The highest BCUT2D eigenvalue weighted by Gasteiger charge is 2.60. The van der Waals surface area contributed by atoms with E-state index in [9.17, 15) is 0 Å². The number of fused-ring (bicyclic) bond motifs is 5. The van der Waals surface area contributed by atoms with Crippen molar-refractivity contribution in [3.8, 4) is 12.3 Å². The van der Waals surface area contributed by atoms with Crippen molar-refractivity contribution in [1.82, 2.24) is 0 Å². The Morgan fingerprint density at radius 3 is 3.13 bits per heavy atom. The third-order valence-corrected chi connectivity index (χ3v) is 3.80. The van der Waals surface area contributed by atoms with Crippen LogP contribution >= 0.6 is 0 Å². The second-order valence-electron chi connectivity index (χ2n) is 4.49. The fourth-order valence-electron chi connectivity index (χ4n) is 3.11. The van der Waals surface area contributed by atoms with Crippen LogP contribution in [0.4, 0.5) is 5.69 Å². The van der Waals surface area contributed by atoms with Crippen LogP contribution in [0.1, 0.15) is 11.5 Å². The number of terminal acetylenes is 1. The molecular weight excluding hydrogens is 186 g/mol. The van der Waals surface area contributed by atoms with Crippen molar-refractivity contribution < 1.29 is 4.74 Å². The van der Waals surface area contributed by atoms with Gasteiger partial charge in [0.1, 0.15) is 12.2 Å². The fourth-order valence-corrected chi connectivity index (χ4v) is 3.11. The Bertz CT molecular complexity index is 476. The number of benzene rings is 1. The van der Waals surface area contributed by atoms with E-state index in [1.54, 1.807) is 0 Å². The zero-order chi connectivity index (χ0) is 9.99. The number of epoxide rings is 1. The first-order valence-corrected chi connectivity index (χ1v) is 5.37. The quantitative estimate of drug-likeness (QED) is 0.461. The molecule has 3 heterocycles. The largest absolute Gasteiger partial charge is 0.365 e. The van der Waals surface area contributed by atoms with Gasteiger partial charge in [0.05, 0.1) is 12.0 Å². The number of para-hydroxylation sites is 1. The average molecular weight is 197 g/mol. The van der Waals surface area contributed by atoms with Crippen LogP contribution in [0.15, 0.2) is 24.3 Å². The smallest absolute Gasteiger partial charge is 0.108 e. The first-order chi connectivity index (χ1) is 7.40. The molecule has 0 aliphatic carbocycles. The average Bonchev–Trinajstić information content (AvgIpc) is 2.82. The standard InChI is InChI=1S/C13H11NO/c1-2-8-9-5-3-4-6-10(9)14-7-11-13(15-11)12(8)14/h1,3-6,8,11-13H,7H2/t8-,11+,12+,13+/m0/s1. The van der Waals surface area contributed by atoms with Crippen LogP contribution in [0.25, 0.3) is 0 Å². The Hall–Kier alpha value is -1.46. The van der Waals surface area contributed by atoms with Crippen molar-refractivity contribution in [2.45, 2.75) is 24.2 Å². The SMILES string of the molecule is C#C[C@H]1c2ccccc2N2C[C@H]3O[C@H]3[C@@H]12. The van der Waals surface area contributed by atoms with Gasteiger partial charge in [0.15, 0.2) is 0 Å². The van der Waals surface area contributed by atoms with Gasteiger partial charge in [-0.15, -0.1) is 6.42 Å². The molecule has 0 radical (unpaired) electrons. The van der Waals surface area contributed by atoms with Gasteiger partial charge in [0.25, 0.3) is 0 Å². The summed E-state index contributed by atoms with van der Waals surface area (Å²) in [6.07, 6.45) is 6.48. The molecule has 0 amide bonds. The molecular formula is C13H11NO. The predicted octanol–water partition coefficient (Wildman–Crippen LogP) is 1.37. The van der Waals surface area contributed by atoms with Crippen molar-refractivity contribution in [1.29, 1.82) is 0 Å². The Kier molecular flexibility index (Phi) is 1.23. The summed E-state index contributed by atoms with van der Waals surface area (Å²) in [5, 5.41) is 0. The summed E-state index contributed by atoms with van der Waals surface area (Å²) in [4.78, 5) is 2.43. The van der Waals surface area contributed by atoms with Crippen LogP contribution in [0.2, 0.25) is 0 Å². The van der Waals surface area contributed by atoms with Crippen molar-refractivity contribution in [2.75, 3.05) is 11.4 Å². The summed E-state index contributed by atoms with van der Waals surface area (Å²) in [6, 6.07) is 8.87. The summed E-state index contributed by atoms with van der Waals surface area (Å²) in [5.41, 5.74) is 2.63. The highest BCUT2D eigenvalue weighted by atomic mass is 16.6. The normalized spacial score (nSPS) is 39.3. The maximum Gasteiger partial charge on any atom is 0.108 e. The number of nitrogens with zero attached hydrogens (tertiary/aromatic N) is 1. The molecule has 1 aromatic carbocycles. The van der Waals surface area contributed by atoms with Crippen LogP contribution in [0.5, 0.6) is 0 Å². The third kappa shape index (κ3) is 0.807. The minimum Gasteiger partial charge on any atom is -0.365 e. The van der Waals surface area contributed by atoms with Crippen molar-refractivity contribution in [3.05, 3.63) is 29.8 Å². The molecule has 2 fully saturated rings. The Labute approximate surface area is 88.8 Å². The summed E-state index contributed by atoms with van der Waals surface area (Å²) < 4.78 is 5.59. The first-order valence-electron chi connectivity index (χ1n) is 5.37. The number of rotatable bonds is 0. The lowest BCUT2D eigenvalue weighted by Gasteiger charge is -2.22. The molecule has 4 atom stereocenters. The lowest BCUT2D eigenvalue weighted by Crippen LogP contribution is -2.33. The van der Waals surface area contributed by atoms with E-state index in [1.165, 1.54) is 11.3 Å². The van der Waals surface area contributed by atoms with Gasteiger partial charge in [0.2, 0.25) is 0 Å². The first kappa shape index (κ1) is 7.78. The molecule has 0 saturated carbocycles. The van der Waals surface area contributed by atoms with E-state index in [-0.39, 0.29) is 5.92 Å². The molecule has 2 saturated heterocycles. The van der Waals surface area contributed by atoms with Crippen molar-refractivity contribution in [2.24, 2.45) is 0 Å². The molecule has 2 heteroatoms. The van der Waals surface area contributed by atoms with Gasteiger partial charge in [-0.3, -0.25) is 0 Å². The Balaban J connectivity index is 1.90. The van der Waals surface area contributed by atoms with Gasteiger partial charge in [0, 0.05) is 12.2 Å². The Morgan fingerprint density at radius 2 is 2.27 bits per heavy atom. The monoisotopic (exact) mass is 197 g/mol. The molecule has 0 bridgehead atoms. The second kappa shape index (κ2) is 2.37. The van der Waals surface area contributed by atoms with E-state index in [4.69, 9.17) is 11.2 Å². The lowest BCUT2D eigenvalue weighted by atomic mass is 9.94. The summed E-state index contributed by atoms with van der Waals surface area (Å²) in [6.45, 7) is 1.02. The molecule has 74 valence electrons. The van der Waals surface area contributed by atoms with E-state index in [2.05, 4.69) is 35.1 Å². The van der Waals surface area contributed by atoms with Crippen molar-refractivity contribution >= 4 is 5.69 Å². The van der Waals surface area contributed by atoms with Crippen LogP contribution in [-0.2, 0) is 4.74 Å². The molecule has 15 heavy (non-hydrogen) atoms. The third-order valence-electron chi connectivity index (χ3n) is 3.80. The van der Waals surface area contributed by atoms with E-state index < -0.39 is 0 Å². The minimum absolute atomic E-state index is 0.221. The van der Waals surface area contributed by atoms with Gasteiger partial charge >= 0.3 is 0 Å². The highest BCUT2D eigenvalue weighted by molar-refractivity contribution is 5.66. The molecule has 0 unspecified atom stereocenters. The number of hydrogen-bond acceptors (Lipinski definition) is 2. The van der Waals surface area contributed by atoms with Crippen LogP contribution in [-0.4, -0.2) is 24.8 Å². The number of morpholine rings is 1. The molecule has 0 N–H and O–H groups in total. The molecule has 4 rings (SSSR count). The molecule has 1 aromatic rings. The zero-order valence-electron chi connectivity index (χ0n) is 8.26. The van der Waals surface area contributed by atoms with E-state index in [1.807, 2.05) is 0 Å². The molecule has 2 nitrogen and oxygen atoms in total. The topological polar surface area (TPSA) is 15.8 Å². The van der Waals surface area contributed by atoms with Gasteiger partial charge in [-0.2, -0.15) is 0 Å². The second-order valence-corrected chi connectivity index (χ2v) is 4.49. The number of hydrogen-bond donors (Lipinski definition) is 0. The van der Waals surface area contributed by atoms with E-state index >= 15 is 0 Å². The maximum atomic E-state index is 5.65. The number of ether oxygens (including phenoxy) is 1. The van der Waals surface area contributed by atoms with Gasteiger partial charge in [-0.05, 0) is 11.6 Å². The predicted molar refractivity (Wildman–Crippen MR) is 57.8 cm³/mol. The van der Waals surface area contributed by atoms with Crippen LogP contribution in [0.3, 0.4) is 0 Å². The molecule has 3 aliphatic rings. The fraction of sp³-hybridized carbons (Fsp3) is 0.385. The molecule has 0 spiro atoms.